The highest BCUT2D eigenvalue weighted by molar-refractivity contribution is 5.67. The number of aliphatic hydroxyl groups excluding tert-OH is 3. The van der Waals surface area contributed by atoms with Crippen LogP contribution in [0.4, 0.5) is 4.79 Å². The zero-order chi connectivity index (χ0) is 14.9. The van der Waals surface area contributed by atoms with E-state index in [-0.39, 0.29) is 19.8 Å². The third-order valence-corrected chi connectivity index (χ3v) is 2.43. The van der Waals surface area contributed by atoms with Crippen molar-refractivity contribution in [1.82, 2.24) is 10.6 Å². The fourth-order valence-corrected chi connectivity index (χ4v) is 1.26. The Bertz CT molecular complexity index is 253. The first-order valence-electron chi connectivity index (χ1n) is 6.33. The van der Waals surface area contributed by atoms with Gasteiger partial charge in [-0.3, -0.25) is 0 Å². The first kappa shape index (κ1) is 18.1. The third-order valence-electron chi connectivity index (χ3n) is 2.43. The summed E-state index contributed by atoms with van der Waals surface area (Å²) >= 11 is 0. The molecule has 0 fully saturated rings. The van der Waals surface area contributed by atoms with Crippen molar-refractivity contribution >= 4 is 6.09 Å². The van der Waals surface area contributed by atoms with Gasteiger partial charge in [0.1, 0.15) is 5.60 Å². The Morgan fingerprint density at radius 3 is 2.00 bits per heavy atom. The lowest BCUT2D eigenvalue weighted by Gasteiger charge is -2.28. The lowest BCUT2D eigenvalue weighted by Crippen LogP contribution is -2.55. The van der Waals surface area contributed by atoms with Gasteiger partial charge >= 0.3 is 6.09 Å². The molecule has 0 unspecified atom stereocenters. The number of ether oxygens (including phenoxy) is 1. The fourth-order valence-electron chi connectivity index (χ4n) is 1.26. The Morgan fingerprint density at radius 1 is 1.05 bits per heavy atom. The molecule has 0 spiro atoms. The molecule has 0 aliphatic rings. The molecule has 5 N–H and O–H groups in total. The molecular weight excluding hydrogens is 252 g/mol. The SMILES string of the molecule is CC(C)(C)OC(=O)NCCCNC(CO)(CO)CO. The van der Waals surface area contributed by atoms with Gasteiger partial charge in [-0.2, -0.15) is 0 Å². The number of hydrogen-bond acceptors (Lipinski definition) is 6. The molecule has 0 aliphatic heterocycles. The van der Waals surface area contributed by atoms with Crippen molar-refractivity contribution in [3.05, 3.63) is 0 Å². The molecule has 0 atom stereocenters. The van der Waals surface area contributed by atoms with Gasteiger partial charge in [0.05, 0.1) is 25.4 Å². The van der Waals surface area contributed by atoms with E-state index in [2.05, 4.69) is 10.6 Å². The van der Waals surface area contributed by atoms with Gasteiger partial charge in [0, 0.05) is 6.54 Å². The molecule has 0 heterocycles. The molecular formula is C12H26N2O5. The first-order chi connectivity index (χ1) is 8.78. The van der Waals surface area contributed by atoms with E-state index >= 15 is 0 Å². The summed E-state index contributed by atoms with van der Waals surface area (Å²) < 4.78 is 5.06. The molecule has 0 aliphatic carbocycles. The van der Waals surface area contributed by atoms with Gasteiger partial charge in [-0.1, -0.05) is 0 Å². The molecule has 0 aromatic heterocycles. The minimum absolute atomic E-state index is 0.362. The van der Waals surface area contributed by atoms with Crippen LogP contribution in [0, 0.1) is 0 Å². The second-order valence-electron chi connectivity index (χ2n) is 5.46. The minimum atomic E-state index is -1.08. The van der Waals surface area contributed by atoms with E-state index in [0.717, 1.165) is 0 Å². The summed E-state index contributed by atoms with van der Waals surface area (Å²) in [4.78, 5) is 11.3. The summed E-state index contributed by atoms with van der Waals surface area (Å²) in [7, 11) is 0. The molecule has 7 nitrogen and oxygen atoms in total. The third kappa shape index (κ3) is 7.99. The molecule has 0 aromatic carbocycles. The van der Waals surface area contributed by atoms with Crippen molar-refractivity contribution in [1.29, 1.82) is 0 Å². The number of carbonyl (C=O) groups is 1. The molecule has 0 bridgehead atoms. The number of aliphatic hydroxyl groups is 3. The van der Waals surface area contributed by atoms with Gasteiger partial charge in [-0.15, -0.1) is 0 Å². The Morgan fingerprint density at radius 2 is 1.58 bits per heavy atom. The predicted molar refractivity (Wildman–Crippen MR) is 70.8 cm³/mol. The van der Waals surface area contributed by atoms with Crippen molar-refractivity contribution in [2.45, 2.75) is 38.3 Å². The van der Waals surface area contributed by atoms with E-state index < -0.39 is 17.2 Å². The predicted octanol–water partition coefficient (Wildman–Crippen LogP) is -0.793. The van der Waals surface area contributed by atoms with E-state index in [9.17, 15) is 4.79 Å². The van der Waals surface area contributed by atoms with Crippen LogP contribution < -0.4 is 10.6 Å². The first-order valence-corrected chi connectivity index (χ1v) is 6.33. The van der Waals surface area contributed by atoms with E-state index in [0.29, 0.717) is 19.5 Å². The molecule has 0 radical (unpaired) electrons. The Hall–Kier alpha value is -0.890. The summed E-state index contributed by atoms with van der Waals surface area (Å²) in [5.74, 6) is 0. The Labute approximate surface area is 114 Å². The summed E-state index contributed by atoms with van der Waals surface area (Å²) in [6.45, 7) is 5.11. The second-order valence-corrected chi connectivity index (χ2v) is 5.46. The van der Waals surface area contributed by atoms with Crippen LogP contribution in [0.5, 0.6) is 0 Å². The van der Waals surface area contributed by atoms with Gasteiger partial charge in [0.25, 0.3) is 0 Å². The van der Waals surface area contributed by atoms with Crippen LogP contribution in [0.1, 0.15) is 27.2 Å². The van der Waals surface area contributed by atoms with Crippen LogP contribution in [0.25, 0.3) is 0 Å². The number of rotatable bonds is 8. The van der Waals surface area contributed by atoms with Crippen LogP contribution >= 0.6 is 0 Å². The average molecular weight is 278 g/mol. The molecule has 0 saturated carbocycles. The van der Waals surface area contributed by atoms with Crippen LogP contribution in [0.15, 0.2) is 0 Å². The lowest BCUT2D eigenvalue weighted by atomic mass is 10.0. The van der Waals surface area contributed by atoms with Crippen molar-refractivity contribution < 1.29 is 24.9 Å². The summed E-state index contributed by atoms with van der Waals surface area (Å²) in [6, 6.07) is 0. The number of amides is 1. The molecule has 7 heteroatoms. The van der Waals surface area contributed by atoms with Gasteiger partial charge in [-0.05, 0) is 33.7 Å². The highest BCUT2D eigenvalue weighted by atomic mass is 16.6. The fraction of sp³-hybridized carbons (Fsp3) is 0.917. The normalized spacial score (nSPS) is 12.3. The van der Waals surface area contributed by atoms with Crippen molar-refractivity contribution in [3.8, 4) is 0 Å². The highest BCUT2D eigenvalue weighted by Crippen LogP contribution is 2.06. The molecule has 0 aromatic rings. The summed E-state index contributed by atoms with van der Waals surface area (Å²) in [5, 5.41) is 32.7. The maximum Gasteiger partial charge on any atom is 0.407 e. The maximum atomic E-state index is 11.3. The van der Waals surface area contributed by atoms with Crippen molar-refractivity contribution in [3.63, 3.8) is 0 Å². The van der Waals surface area contributed by atoms with Crippen LogP contribution in [-0.2, 0) is 4.74 Å². The zero-order valence-electron chi connectivity index (χ0n) is 11.9. The zero-order valence-corrected chi connectivity index (χ0v) is 11.9. The lowest BCUT2D eigenvalue weighted by molar-refractivity contribution is 0.0418. The van der Waals surface area contributed by atoms with Crippen LogP contribution in [-0.4, -0.2) is 65.5 Å². The van der Waals surface area contributed by atoms with Gasteiger partial charge in [0.2, 0.25) is 0 Å². The maximum absolute atomic E-state index is 11.3. The Kier molecular flexibility index (Phi) is 7.93. The largest absolute Gasteiger partial charge is 0.444 e. The van der Waals surface area contributed by atoms with E-state index in [4.69, 9.17) is 20.1 Å². The number of nitrogens with one attached hydrogen (secondary N) is 2. The number of alkyl carbamates (subject to hydrolysis) is 1. The van der Waals surface area contributed by atoms with Gasteiger partial charge < -0.3 is 30.7 Å². The van der Waals surface area contributed by atoms with E-state index in [1.807, 2.05) is 0 Å². The van der Waals surface area contributed by atoms with Gasteiger partial charge in [0.15, 0.2) is 0 Å². The van der Waals surface area contributed by atoms with Crippen molar-refractivity contribution in [2.24, 2.45) is 0 Å². The van der Waals surface area contributed by atoms with E-state index in [1.54, 1.807) is 20.8 Å². The smallest absolute Gasteiger partial charge is 0.407 e. The number of hydrogen-bond donors (Lipinski definition) is 5. The van der Waals surface area contributed by atoms with Crippen LogP contribution in [0.2, 0.25) is 0 Å². The molecule has 0 rings (SSSR count). The molecule has 1 amide bonds. The highest BCUT2D eigenvalue weighted by Gasteiger charge is 2.26. The molecule has 19 heavy (non-hydrogen) atoms. The minimum Gasteiger partial charge on any atom is -0.444 e. The molecule has 114 valence electrons. The molecule has 0 saturated heterocycles. The number of carbonyl (C=O) groups excluding carboxylic acids is 1. The van der Waals surface area contributed by atoms with E-state index in [1.165, 1.54) is 0 Å². The topological polar surface area (TPSA) is 111 Å². The quantitative estimate of drug-likeness (QED) is 0.372. The average Bonchev–Trinajstić information content (AvgIpc) is 2.32. The van der Waals surface area contributed by atoms with Gasteiger partial charge in [-0.25, -0.2) is 4.79 Å². The standard InChI is InChI=1S/C12H26N2O5/c1-11(2,3)19-10(18)13-5-4-6-14-12(7-15,8-16)9-17/h14-17H,4-9H2,1-3H3,(H,13,18). The van der Waals surface area contributed by atoms with Crippen molar-refractivity contribution in [2.75, 3.05) is 32.9 Å². The van der Waals surface area contributed by atoms with Crippen LogP contribution in [0.3, 0.4) is 0 Å². The summed E-state index contributed by atoms with van der Waals surface area (Å²) in [5.41, 5.74) is -1.60. The second kappa shape index (κ2) is 8.31. The summed E-state index contributed by atoms with van der Waals surface area (Å²) in [6.07, 6.45) is 0.103. The Balaban J connectivity index is 3.79. The monoisotopic (exact) mass is 278 g/mol.